The zero-order chi connectivity index (χ0) is 13.9. The summed E-state index contributed by atoms with van der Waals surface area (Å²) in [5.74, 6) is -3.01. The van der Waals surface area contributed by atoms with Crippen molar-refractivity contribution in [1.29, 1.82) is 0 Å². The summed E-state index contributed by atoms with van der Waals surface area (Å²) in [7, 11) is 0. The Bertz CT molecular complexity index is 449. The zero-order valence-corrected chi connectivity index (χ0v) is 10.1. The Kier molecular flexibility index (Phi) is 4.24. The van der Waals surface area contributed by atoms with Crippen LogP contribution in [0.1, 0.15) is 20.3 Å². The van der Waals surface area contributed by atoms with Crippen molar-refractivity contribution in [2.45, 2.75) is 31.9 Å². The molecule has 1 aromatic carbocycles. The van der Waals surface area contributed by atoms with E-state index in [4.69, 9.17) is 15.6 Å². The highest BCUT2D eigenvalue weighted by molar-refractivity contribution is 5.77. The first-order chi connectivity index (χ1) is 8.22. The van der Waals surface area contributed by atoms with E-state index in [1.807, 2.05) is 0 Å². The third kappa shape index (κ3) is 3.66. The van der Waals surface area contributed by atoms with Crippen LogP contribution < -0.4 is 10.5 Å². The van der Waals surface area contributed by atoms with Crippen molar-refractivity contribution in [2.24, 2.45) is 5.73 Å². The summed E-state index contributed by atoms with van der Waals surface area (Å²) < 4.78 is 30.9. The normalized spacial score (nSPS) is 15.8. The van der Waals surface area contributed by atoms with Crippen LogP contribution in [-0.2, 0) is 4.79 Å². The number of halogens is 2. The lowest BCUT2D eigenvalue weighted by Gasteiger charge is -2.24. The number of ether oxygens (including phenoxy) is 1. The Morgan fingerprint density at radius 1 is 1.50 bits per heavy atom. The minimum Gasteiger partial charge on any atom is -0.491 e. The molecule has 0 bridgehead atoms. The maximum absolute atomic E-state index is 12.9. The second-order valence-corrected chi connectivity index (χ2v) is 4.43. The van der Waals surface area contributed by atoms with E-state index >= 15 is 0 Å². The number of aliphatic carboxylic acids is 1. The zero-order valence-electron chi connectivity index (χ0n) is 10.1. The van der Waals surface area contributed by atoms with Crippen molar-refractivity contribution in [3.63, 3.8) is 0 Å². The molecule has 100 valence electrons. The second kappa shape index (κ2) is 5.30. The highest BCUT2D eigenvalue weighted by Crippen LogP contribution is 2.19. The molecule has 1 aromatic rings. The molecule has 3 N–H and O–H groups in total. The number of carboxylic acids is 1. The van der Waals surface area contributed by atoms with Gasteiger partial charge in [-0.2, -0.15) is 0 Å². The summed E-state index contributed by atoms with van der Waals surface area (Å²) >= 11 is 0. The number of nitrogens with two attached hydrogens (primary N) is 1. The number of hydrogen-bond acceptors (Lipinski definition) is 3. The number of carbonyl (C=O) groups is 1. The van der Waals surface area contributed by atoms with E-state index in [1.165, 1.54) is 13.0 Å². The number of carboxylic acid groups (broad SMARTS) is 1. The molecule has 2 atom stereocenters. The van der Waals surface area contributed by atoms with Crippen LogP contribution in [0.15, 0.2) is 18.2 Å². The molecule has 0 heterocycles. The van der Waals surface area contributed by atoms with Gasteiger partial charge in [-0.15, -0.1) is 0 Å². The number of hydrogen-bond donors (Lipinski definition) is 2. The van der Waals surface area contributed by atoms with Gasteiger partial charge in [0.1, 0.15) is 11.3 Å². The number of benzene rings is 1. The highest BCUT2D eigenvalue weighted by atomic mass is 19.2. The van der Waals surface area contributed by atoms with Gasteiger partial charge in [0, 0.05) is 12.5 Å². The molecule has 0 fully saturated rings. The van der Waals surface area contributed by atoms with Gasteiger partial charge in [0.05, 0.1) is 6.10 Å². The van der Waals surface area contributed by atoms with E-state index in [0.29, 0.717) is 0 Å². The maximum Gasteiger partial charge on any atom is 0.323 e. The molecule has 6 heteroatoms. The summed E-state index contributed by atoms with van der Waals surface area (Å²) in [6.45, 7) is 2.97. The molecule has 0 aliphatic carbocycles. The molecule has 0 saturated heterocycles. The molecular formula is C12H15F2NO3. The fourth-order valence-corrected chi connectivity index (χ4v) is 1.51. The summed E-state index contributed by atoms with van der Waals surface area (Å²) in [6, 6.07) is 3.11. The molecule has 0 aliphatic heterocycles. The largest absolute Gasteiger partial charge is 0.491 e. The average molecular weight is 259 g/mol. The van der Waals surface area contributed by atoms with Gasteiger partial charge in [-0.25, -0.2) is 8.78 Å². The lowest BCUT2D eigenvalue weighted by molar-refractivity contribution is -0.143. The van der Waals surface area contributed by atoms with E-state index in [-0.39, 0.29) is 12.2 Å². The van der Waals surface area contributed by atoms with Gasteiger partial charge in [-0.3, -0.25) is 4.79 Å². The van der Waals surface area contributed by atoms with Crippen LogP contribution in [-0.4, -0.2) is 22.7 Å². The lowest BCUT2D eigenvalue weighted by Crippen LogP contribution is -2.47. The van der Waals surface area contributed by atoms with Gasteiger partial charge in [0.15, 0.2) is 11.6 Å². The Morgan fingerprint density at radius 2 is 2.11 bits per heavy atom. The Hall–Kier alpha value is -1.69. The fourth-order valence-electron chi connectivity index (χ4n) is 1.51. The molecule has 0 radical (unpaired) electrons. The van der Waals surface area contributed by atoms with Crippen LogP contribution in [0.25, 0.3) is 0 Å². The molecule has 18 heavy (non-hydrogen) atoms. The summed E-state index contributed by atoms with van der Waals surface area (Å²) in [5, 5.41) is 8.85. The summed E-state index contributed by atoms with van der Waals surface area (Å²) in [4.78, 5) is 10.8. The van der Waals surface area contributed by atoms with Gasteiger partial charge in [-0.05, 0) is 26.0 Å². The van der Waals surface area contributed by atoms with Gasteiger partial charge < -0.3 is 15.6 Å². The predicted molar refractivity (Wildman–Crippen MR) is 61.3 cm³/mol. The SMILES string of the molecule is CC(CC(C)(N)C(=O)O)Oc1ccc(F)c(F)c1. The van der Waals surface area contributed by atoms with E-state index in [1.54, 1.807) is 6.92 Å². The average Bonchev–Trinajstić information content (AvgIpc) is 2.22. The minimum absolute atomic E-state index is 0.0430. The minimum atomic E-state index is -1.43. The van der Waals surface area contributed by atoms with Crippen LogP contribution >= 0.6 is 0 Å². The van der Waals surface area contributed by atoms with E-state index in [9.17, 15) is 13.6 Å². The van der Waals surface area contributed by atoms with Crippen LogP contribution in [0.2, 0.25) is 0 Å². The Balaban J connectivity index is 2.67. The molecule has 4 nitrogen and oxygen atoms in total. The summed E-state index contributed by atoms with van der Waals surface area (Å²) in [6.07, 6.45) is -0.498. The van der Waals surface area contributed by atoms with E-state index in [2.05, 4.69) is 0 Å². The molecule has 0 aromatic heterocycles. The molecule has 1 rings (SSSR count). The first kappa shape index (κ1) is 14.4. The van der Waals surface area contributed by atoms with Gasteiger partial charge in [0.25, 0.3) is 0 Å². The second-order valence-electron chi connectivity index (χ2n) is 4.43. The van der Waals surface area contributed by atoms with Crippen LogP contribution in [0.4, 0.5) is 8.78 Å². The molecule has 0 spiro atoms. The lowest BCUT2D eigenvalue weighted by atomic mass is 9.96. The Morgan fingerprint density at radius 3 is 2.61 bits per heavy atom. The monoisotopic (exact) mass is 259 g/mol. The standard InChI is InChI=1S/C12H15F2NO3/c1-7(6-12(2,15)11(16)17)18-8-3-4-9(13)10(14)5-8/h3-5,7H,6,15H2,1-2H3,(H,16,17). The van der Waals surface area contributed by atoms with Crippen LogP contribution in [0, 0.1) is 11.6 Å². The fraction of sp³-hybridized carbons (Fsp3) is 0.417. The molecule has 0 aliphatic rings. The third-order valence-corrected chi connectivity index (χ3v) is 2.43. The van der Waals surface area contributed by atoms with Crippen LogP contribution in [0.3, 0.4) is 0 Å². The highest BCUT2D eigenvalue weighted by Gasteiger charge is 2.30. The van der Waals surface area contributed by atoms with Crippen molar-refractivity contribution in [2.75, 3.05) is 0 Å². The topological polar surface area (TPSA) is 72.6 Å². The first-order valence-electron chi connectivity index (χ1n) is 5.36. The van der Waals surface area contributed by atoms with E-state index < -0.39 is 29.2 Å². The molecule has 0 saturated carbocycles. The van der Waals surface area contributed by atoms with Crippen molar-refractivity contribution >= 4 is 5.97 Å². The maximum atomic E-state index is 12.9. The van der Waals surface area contributed by atoms with Crippen molar-refractivity contribution in [1.82, 2.24) is 0 Å². The van der Waals surface area contributed by atoms with Crippen molar-refractivity contribution in [3.8, 4) is 5.75 Å². The number of rotatable bonds is 5. The third-order valence-electron chi connectivity index (χ3n) is 2.43. The van der Waals surface area contributed by atoms with Crippen molar-refractivity contribution in [3.05, 3.63) is 29.8 Å². The van der Waals surface area contributed by atoms with Gasteiger partial charge in [-0.1, -0.05) is 0 Å². The smallest absolute Gasteiger partial charge is 0.323 e. The predicted octanol–water partition coefficient (Wildman–Crippen LogP) is 1.92. The van der Waals surface area contributed by atoms with Crippen LogP contribution in [0.5, 0.6) is 5.75 Å². The van der Waals surface area contributed by atoms with Gasteiger partial charge >= 0.3 is 5.97 Å². The molecular weight excluding hydrogens is 244 g/mol. The molecule has 2 unspecified atom stereocenters. The van der Waals surface area contributed by atoms with Crippen molar-refractivity contribution < 1.29 is 23.4 Å². The summed E-state index contributed by atoms with van der Waals surface area (Å²) in [5.41, 5.74) is 4.12. The first-order valence-corrected chi connectivity index (χ1v) is 5.36. The van der Waals surface area contributed by atoms with E-state index in [0.717, 1.165) is 12.1 Å². The Labute approximate surface area is 103 Å². The quantitative estimate of drug-likeness (QED) is 0.847. The molecule has 0 amide bonds. The van der Waals surface area contributed by atoms with Gasteiger partial charge in [0.2, 0.25) is 0 Å².